The Labute approximate surface area is 361 Å². The van der Waals surface area contributed by atoms with Crippen LogP contribution in [0.4, 0.5) is 0 Å². The SMILES string of the molecule is CC/C=C/C/C=C/C/C=C/C/C=C/C/C=C/C/C=C/CCC(=O)OC[C@H](COP(=O)([O-])OCC[N+](C)(C)C)OC(=O)CCCCCCCCCCCCCCCCCC. The third kappa shape index (κ3) is 44.8. The second-order valence-electron chi connectivity index (χ2n) is 16.4. The molecule has 0 rings (SSSR count). The van der Waals surface area contributed by atoms with Gasteiger partial charge in [-0.05, 0) is 51.4 Å². The number of unbranched alkanes of at least 4 members (excludes halogenated alkanes) is 15. The van der Waals surface area contributed by atoms with Crippen molar-refractivity contribution in [3.8, 4) is 0 Å². The molecule has 0 saturated carbocycles. The summed E-state index contributed by atoms with van der Waals surface area (Å²) in [6, 6.07) is 0. The van der Waals surface area contributed by atoms with E-state index in [0.717, 1.165) is 57.8 Å². The van der Waals surface area contributed by atoms with Crippen molar-refractivity contribution in [3.63, 3.8) is 0 Å². The van der Waals surface area contributed by atoms with Gasteiger partial charge in [0.1, 0.15) is 19.8 Å². The molecule has 0 aromatic heterocycles. The van der Waals surface area contributed by atoms with Gasteiger partial charge < -0.3 is 27.9 Å². The van der Waals surface area contributed by atoms with Gasteiger partial charge in [0.2, 0.25) is 0 Å². The van der Waals surface area contributed by atoms with Crippen molar-refractivity contribution in [1.82, 2.24) is 0 Å². The lowest BCUT2D eigenvalue weighted by molar-refractivity contribution is -0.870. The van der Waals surface area contributed by atoms with Crippen LogP contribution in [-0.4, -0.2) is 70.0 Å². The van der Waals surface area contributed by atoms with Crippen LogP contribution in [0.5, 0.6) is 0 Å². The van der Waals surface area contributed by atoms with E-state index in [0.29, 0.717) is 23.9 Å². The fraction of sp³-hybridized carbons (Fsp3) is 0.714. The molecule has 0 spiro atoms. The number of allylic oxidation sites excluding steroid dienone is 12. The maximum Gasteiger partial charge on any atom is 0.306 e. The average molecular weight is 848 g/mol. The molecule has 0 saturated heterocycles. The van der Waals surface area contributed by atoms with Gasteiger partial charge in [-0.2, -0.15) is 0 Å². The van der Waals surface area contributed by atoms with E-state index in [1.807, 2.05) is 33.3 Å². The van der Waals surface area contributed by atoms with Crippen molar-refractivity contribution in [2.75, 3.05) is 47.5 Å². The quantitative estimate of drug-likeness (QED) is 0.0197. The molecule has 0 heterocycles. The van der Waals surface area contributed by atoms with Gasteiger partial charge in [0.05, 0.1) is 27.7 Å². The molecule has 0 radical (unpaired) electrons. The highest BCUT2D eigenvalue weighted by atomic mass is 31.2. The molecule has 10 heteroatoms. The van der Waals surface area contributed by atoms with Gasteiger partial charge in [0.25, 0.3) is 7.82 Å². The number of esters is 2. The lowest BCUT2D eigenvalue weighted by atomic mass is 10.0. The van der Waals surface area contributed by atoms with E-state index >= 15 is 0 Å². The molecule has 0 aliphatic heterocycles. The van der Waals surface area contributed by atoms with Crippen molar-refractivity contribution in [1.29, 1.82) is 0 Å². The topological polar surface area (TPSA) is 111 Å². The fourth-order valence-corrected chi connectivity index (χ4v) is 6.64. The third-order valence-electron chi connectivity index (χ3n) is 9.50. The maximum atomic E-state index is 12.7. The molecule has 2 atom stereocenters. The van der Waals surface area contributed by atoms with E-state index in [1.165, 1.54) is 77.0 Å². The maximum absolute atomic E-state index is 12.7. The Kier molecular flexibility index (Phi) is 39.1. The molecule has 1 unspecified atom stereocenters. The van der Waals surface area contributed by atoms with Crippen LogP contribution in [-0.2, 0) is 32.7 Å². The van der Waals surface area contributed by atoms with Crippen molar-refractivity contribution in [3.05, 3.63) is 72.9 Å². The number of phosphoric ester groups is 1. The summed E-state index contributed by atoms with van der Waals surface area (Å²) < 4.78 is 33.9. The van der Waals surface area contributed by atoms with Crippen LogP contribution in [0.1, 0.15) is 174 Å². The second kappa shape index (κ2) is 40.8. The summed E-state index contributed by atoms with van der Waals surface area (Å²) in [4.78, 5) is 37.6. The predicted octanol–water partition coefficient (Wildman–Crippen LogP) is 12.8. The van der Waals surface area contributed by atoms with Gasteiger partial charge in [-0.25, -0.2) is 0 Å². The van der Waals surface area contributed by atoms with Crippen molar-refractivity contribution >= 4 is 19.8 Å². The minimum atomic E-state index is -4.64. The van der Waals surface area contributed by atoms with Crippen LogP contribution in [0.2, 0.25) is 0 Å². The van der Waals surface area contributed by atoms with Crippen LogP contribution in [0.3, 0.4) is 0 Å². The molecule has 9 nitrogen and oxygen atoms in total. The van der Waals surface area contributed by atoms with E-state index in [-0.39, 0.29) is 26.1 Å². The third-order valence-corrected chi connectivity index (χ3v) is 10.5. The lowest BCUT2D eigenvalue weighted by Crippen LogP contribution is -2.37. The lowest BCUT2D eigenvalue weighted by Gasteiger charge is -2.28. The molecule has 0 aromatic carbocycles. The largest absolute Gasteiger partial charge is 0.756 e. The fourth-order valence-electron chi connectivity index (χ4n) is 5.92. The predicted molar refractivity (Wildman–Crippen MR) is 245 cm³/mol. The normalized spacial score (nSPS) is 14.2. The minimum Gasteiger partial charge on any atom is -0.756 e. The van der Waals surface area contributed by atoms with Crippen molar-refractivity contribution < 1.29 is 42.1 Å². The number of hydrogen-bond donors (Lipinski definition) is 0. The Morgan fingerprint density at radius 1 is 0.542 bits per heavy atom. The van der Waals surface area contributed by atoms with Crippen LogP contribution in [0.15, 0.2) is 72.9 Å². The summed E-state index contributed by atoms with van der Waals surface area (Å²) in [5.41, 5.74) is 0. The Hall–Kier alpha value is -2.55. The van der Waals surface area contributed by atoms with Crippen molar-refractivity contribution in [2.24, 2.45) is 0 Å². The van der Waals surface area contributed by atoms with Gasteiger partial charge >= 0.3 is 11.9 Å². The Morgan fingerprint density at radius 2 is 0.966 bits per heavy atom. The highest BCUT2D eigenvalue weighted by Crippen LogP contribution is 2.38. The molecule has 0 amide bonds. The van der Waals surface area contributed by atoms with E-state index in [2.05, 4.69) is 74.6 Å². The molecule has 0 aliphatic carbocycles. The molecule has 0 fully saturated rings. The Bertz CT molecular complexity index is 1230. The Balaban J connectivity index is 4.45. The zero-order valence-corrected chi connectivity index (χ0v) is 39.1. The number of nitrogens with zero attached hydrogens (tertiary/aromatic N) is 1. The monoisotopic (exact) mass is 848 g/mol. The van der Waals surface area contributed by atoms with Gasteiger partial charge in [-0.3, -0.25) is 14.2 Å². The standard InChI is InChI=1S/C49H86NO8P/c1-6-8-10-12-14-16-18-20-22-24-25-26-28-29-31-33-35-37-39-41-48(51)55-45-47(46-57-59(53,54)56-44-43-50(3,4)5)58-49(52)42-40-38-36-34-32-30-27-23-21-19-17-15-13-11-9-7-2/h8,10,14,16,20,22,25-26,29,31,35,37,47H,6-7,9,11-13,15,17-19,21,23-24,27-28,30,32-34,36,38-46H2,1-5H3/b10-8+,16-14+,22-20+,26-25+,31-29+,37-35+/t47-/m1/s1. The summed E-state index contributed by atoms with van der Waals surface area (Å²) in [6.07, 6.45) is 50.8. The van der Waals surface area contributed by atoms with E-state index < -0.39 is 32.5 Å². The zero-order valence-electron chi connectivity index (χ0n) is 38.2. The highest BCUT2D eigenvalue weighted by molar-refractivity contribution is 7.45. The Morgan fingerprint density at radius 3 is 1.41 bits per heavy atom. The minimum absolute atomic E-state index is 0.0441. The molecule has 59 heavy (non-hydrogen) atoms. The first kappa shape index (κ1) is 56.5. The summed E-state index contributed by atoms with van der Waals surface area (Å²) in [6.45, 7) is 4.03. The molecule has 0 N–H and O–H groups in total. The van der Waals surface area contributed by atoms with E-state index in [4.69, 9.17) is 18.5 Å². The summed E-state index contributed by atoms with van der Waals surface area (Å²) >= 11 is 0. The number of carbonyl (C=O) groups excluding carboxylic acids is 2. The molecule has 0 aliphatic rings. The van der Waals surface area contributed by atoms with Crippen LogP contribution < -0.4 is 4.89 Å². The average Bonchev–Trinajstić information content (AvgIpc) is 3.19. The van der Waals surface area contributed by atoms with E-state index in [1.54, 1.807) is 0 Å². The summed E-state index contributed by atoms with van der Waals surface area (Å²) in [5, 5.41) is 0. The van der Waals surface area contributed by atoms with Crippen LogP contribution >= 0.6 is 7.82 Å². The number of phosphoric acid groups is 1. The van der Waals surface area contributed by atoms with Gasteiger partial charge in [0.15, 0.2) is 6.10 Å². The molecule has 340 valence electrons. The van der Waals surface area contributed by atoms with Gasteiger partial charge in [-0.1, -0.05) is 183 Å². The first-order valence-electron chi connectivity index (χ1n) is 23.1. The number of rotatable bonds is 41. The number of ether oxygens (including phenoxy) is 2. The number of hydrogen-bond acceptors (Lipinski definition) is 8. The van der Waals surface area contributed by atoms with Gasteiger partial charge in [0, 0.05) is 12.8 Å². The number of carbonyl (C=O) groups is 2. The molecule has 0 aromatic rings. The first-order valence-corrected chi connectivity index (χ1v) is 24.6. The highest BCUT2D eigenvalue weighted by Gasteiger charge is 2.21. The molecular formula is C49H86NO8P. The molecule has 0 bridgehead atoms. The molecular weight excluding hydrogens is 762 g/mol. The van der Waals surface area contributed by atoms with E-state index in [9.17, 15) is 19.0 Å². The van der Waals surface area contributed by atoms with Crippen molar-refractivity contribution in [2.45, 2.75) is 180 Å². The number of quaternary nitrogens is 1. The first-order chi connectivity index (χ1) is 28.5. The van der Waals surface area contributed by atoms with Crippen LogP contribution in [0, 0.1) is 0 Å². The summed E-state index contributed by atoms with van der Waals surface area (Å²) in [5.74, 6) is -0.933. The smallest absolute Gasteiger partial charge is 0.306 e. The van der Waals surface area contributed by atoms with Gasteiger partial charge in [-0.15, -0.1) is 0 Å². The van der Waals surface area contributed by atoms with Crippen LogP contribution in [0.25, 0.3) is 0 Å². The second-order valence-corrected chi connectivity index (χ2v) is 17.8. The summed E-state index contributed by atoms with van der Waals surface area (Å²) in [7, 11) is 1.12. The zero-order chi connectivity index (χ0) is 43.6. The number of likely N-dealkylation sites (N-methyl/N-ethyl adjacent to an activating group) is 1.